The van der Waals surface area contributed by atoms with E-state index in [2.05, 4.69) is 20.6 Å². The van der Waals surface area contributed by atoms with Crippen LogP contribution in [0.3, 0.4) is 0 Å². The summed E-state index contributed by atoms with van der Waals surface area (Å²) in [6.45, 7) is 2.94. The van der Waals surface area contributed by atoms with Crippen LogP contribution in [0.15, 0.2) is 6.20 Å². The Hall–Kier alpha value is -1.40. The Bertz CT molecular complexity index is 346. The number of aryl methyl sites for hydroxylation is 1. The number of hydrogen-bond donors (Lipinski definition) is 3. The fourth-order valence-corrected chi connectivity index (χ4v) is 1.37. The van der Waals surface area contributed by atoms with Gasteiger partial charge in [-0.25, -0.2) is 4.98 Å². The van der Waals surface area contributed by atoms with Gasteiger partial charge in [0.15, 0.2) is 0 Å². The molecular formula is C11H20N4O2. The standard InChI is InChI=1S/C11H20N4O2/c1-8-6-14-11(12-2)15-10(8)13-5-4-9(16)7-17-3/h6,9,16H,4-5,7H2,1-3H3,(H2,12,13,14,15). The van der Waals surface area contributed by atoms with E-state index in [-0.39, 0.29) is 0 Å². The number of anilines is 2. The van der Waals surface area contributed by atoms with Gasteiger partial charge in [-0.15, -0.1) is 0 Å². The number of aromatic nitrogens is 2. The van der Waals surface area contributed by atoms with Crippen LogP contribution in [-0.4, -0.2) is 48.5 Å². The molecule has 1 rings (SSSR count). The van der Waals surface area contributed by atoms with Gasteiger partial charge in [-0.05, 0) is 13.3 Å². The molecule has 0 spiro atoms. The molecule has 0 saturated heterocycles. The van der Waals surface area contributed by atoms with Crippen LogP contribution in [0.1, 0.15) is 12.0 Å². The summed E-state index contributed by atoms with van der Waals surface area (Å²) >= 11 is 0. The highest BCUT2D eigenvalue weighted by Crippen LogP contribution is 2.12. The van der Waals surface area contributed by atoms with Gasteiger partial charge in [-0.3, -0.25) is 0 Å². The number of nitrogens with zero attached hydrogens (tertiary/aromatic N) is 2. The summed E-state index contributed by atoms with van der Waals surface area (Å²) in [5.74, 6) is 1.37. The lowest BCUT2D eigenvalue weighted by Gasteiger charge is -2.12. The Morgan fingerprint density at radius 3 is 2.94 bits per heavy atom. The summed E-state index contributed by atoms with van der Waals surface area (Å²) in [5.41, 5.74) is 0.977. The van der Waals surface area contributed by atoms with Gasteiger partial charge in [0.1, 0.15) is 5.82 Å². The molecule has 6 heteroatoms. The molecular weight excluding hydrogens is 220 g/mol. The lowest BCUT2D eigenvalue weighted by Crippen LogP contribution is -2.19. The lowest BCUT2D eigenvalue weighted by molar-refractivity contribution is 0.0615. The van der Waals surface area contributed by atoms with Crippen LogP contribution >= 0.6 is 0 Å². The highest BCUT2D eigenvalue weighted by molar-refractivity contribution is 5.46. The highest BCUT2D eigenvalue weighted by atomic mass is 16.5. The molecule has 0 aliphatic rings. The third-order valence-corrected chi connectivity index (χ3v) is 2.32. The third kappa shape index (κ3) is 4.54. The second-order valence-corrected chi connectivity index (χ2v) is 3.80. The predicted octanol–water partition coefficient (Wildman–Crippen LogP) is 0.636. The van der Waals surface area contributed by atoms with Gasteiger partial charge >= 0.3 is 0 Å². The molecule has 17 heavy (non-hydrogen) atoms. The van der Waals surface area contributed by atoms with Crippen LogP contribution < -0.4 is 10.6 Å². The largest absolute Gasteiger partial charge is 0.391 e. The average molecular weight is 240 g/mol. The van der Waals surface area contributed by atoms with Crippen molar-refractivity contribution in [1.82, 2.24) is 9.97 Å². The van der Waals surface area contributed by atoms with Crippen LogP contribution in [0.25, 0.3) is 0 Å². The van der Waals surface area contributed by atoms with Crippen molar-refractivity contribution in [1.29, 1.82) is 0 Å². The number of methoxy groups -OCH3 is 1. The van der Waals surface area contributed by atoms with Gasteiger partial charge in [-0.2, -0.15) is 4.98 Å². The van der Waals surface area contributed by atoms with Gasteiger partial charge in [0, 0.05) is 32.5 Å². The van der Waals surface area contributed by atoms with Gasteiger partial charge in [0.25, 0.3) is 0 Å². The first-order chi connectivity index (χ1) is 8.17. The molecule has 1 heterocycles. The molecule has 3 N–H and O–H groups in total. The van der Waals surface area contributed by atoms with Gasteiger partial charge in [-0.1, -0.05) is 0 Å². The molecule has 0 saturated carbocycles. The van der Waals surface area contributed by atoms with Crippen molar-refractivity contribution in [2.24, 2.45) is 0 Å². The minimum absolute atomic E-state index is 0.353. The predicted molar refractivity (Wildman–Crippen MR) is 67.3 cm³/mol. The summed E-state index contributed by atoms with van der Waals surface area (Å²) in [6, 6.07) is 0. The summed E-state index contributed by atoms with van der Waals surface area (Å²) < 4.78 is 4.85. The summed E-state index contributed by atoms with van der Waals surface area (Å²) in [7, 11) is 3.35. The van der Waals surface area contributed by atoms with E-state index in [1.165, 1.54) is 0 Å². The van der Waals surface area contributed by atoms with Crippen LogP contribution in [0.5, 0.6) is 0 Å². The molecule has 1 aromatic rings. The minimum atomic E-state index is -0.446. The van der Waals surface area contributed by atoms with Crippen LogP contribution in [-0.2, 0) is 4.74 Å². The van der Waals surface area contributed by atoms with Crippen molar-refractivity contribution in [3.63, 3.8) is 0 Å². The first kappa shape index (κ1) is 13.7. The van der Waals surface area contributed by atoms with E-state index in [1.807, 2.05) is 6.92 Å². The first-order valence-electron chi connectivity index (χ1n) is 5.59. The van der Waals surface area contributed by atoms with E-state index in [1.54, 1.807) is 20.4 Å². The zero-order chi connectivity index (χ0) is 12.7. The Morgan fingerprint density at radius 1 is 1.53 bits per heavy atom. The summed E-state index contributed by atoms with van der Waals surface area (Å²) in [5, 5.41) is 15.5. The number of nitrogens with one attached hydrogen (secondary N) is 2. The number of aliphatic hydroxyl groups excluding tert-OH is 1. The van der Waals surface area contributed by atoms with E-state index in [0.29, 0.717) is 25.5 Å². The normalized spacial score (nSPS) is 12.2. The fourth-order valence-electron chi connectivity index (χ4n) is 1.37. The van der Waals surface area contributed by atoms with Crippen molar-refractivity contribution in [3.05, 3.63) is 11.8 Å². The van der Waals surface area contributed by atoms with E-state index in [9.17, 15) is 5.11 Å². The second-order valence-electron chi connectivity index (χ2n) is 3.80. The smallest absolute Gasteiger partial charge is 0.224 e. The quantitative estimate of drug-likeness (QED) is 0.649. The molecule has 0 radical (unpaired) electrons. The Morgan fingerprint density at radius 2 is 2.29 bits per heavy atom. The van der Waals surface area contributed by atoms with E-state index in [0.717, 1.165) is 11.4 Å². The highest BCUT2D eigenvalue weighted by Gasteiger charge is 2.05. The van der Waals surface area contributed by atoms with Crippen molar-refractivity contribution < 1.29 is 9.84 Å². The molecule has 0 aromatic carbocycles. The lowest BCUT2D eigenvalue weighted by atomic mass is 10.2. The fraction of sp³-hybridized carbons (Fsp3) is 0.636. The summed E-state index contributed by atoms with van der Waals surface area (Å²) in [4.78, 5) is 8.39. The number of ether oxygens (including phenoxy) is 1. The zero-order valence-electron chi connectivity index (χ0n) is 10.5. The molecule has 1 unspecified atom stereocenters. The maximum absolute atomic E-state index is 9.49. The Balaban J connectivity index is 2.45. The molecule has 96 valence electrons. The Kier molecular flexibility index (Phi) is 5.65. The molecule has 0 amide bonds. The average Bonchev–Trinajstić information content (AvgIpc) is 2.32. The van der Waals surface area contributed by atoms with Gasteiger partial charge in [0.2, 0.25) is 5.95 Å². The topological polar surface area (TPSA) is 79.3 Å². The maximum atomic E-state index is 9.49. The van der Waals surface area contributed by atoms with Crippen molar-refractivity contribution in [2.75, 3.05) is 37.9 Å². The monoisotopic (exact) mass is 240 g/mol. The van der Waals surface area contributed by atoms with Crippen molar-refractivity contribution in [2.45, 2.75) is 19.4 Å². The van der Waals surface area contributed by atoms with Crippen LogP contribution in [0.4, 0.5) is 11.8 Å². The van der Waals surface area contributed by atoms with E-state index < -0.39 is 6.10 Å². The Labute approximate surface area is 101 Å². The van der Waals surface area contributed by atoms with Gasteiger partial charge < -0.3 is 20.5 Å². The zero-order valence-corrected chi connectivity index (χ0v) is 10.5. The number of rotatable bonds is 7. The third-order valence-electron chi connectivity index (χ3n) is 2.32. The summed E-state index contributed by atoms with van der Waals surface area (Å²) in [6.07, 6.45) is 1.93. The molecule has 1 atom stereocenters. The van der Waals surface area contributed by atoms with Crippen LogP contribution in [0.2, 0.25) is 0 Å². The van der Waals surface area contributed by atoms with Crippen LogP contribution in [0, 0.1) is 6.92 Å². The van der Waals surface area contributed by atoms with E-state index >= 15 is 0 Å². The molecule has 0 aliphatic heterocycles. The van der Waals surface area contributed by atoms with Crippen molar-refractivity contribution >= 4 is 11.8 Å². The molecule has 0 bridgehead atoms. The first-order valence-corrected chi connectivity index (χ1v) is 5.59. The second kappa shape index (κ2) is 7.03. The number of hydrogen-bond acceptors (Lipinski definition) is 6. The minimum Gasteiger partial charge on any atom is -0.391 e. The maximum Gasteiger partial charge on any atom is 0.224 e. The van der Waals surface area contributed by atoms with Crippen molar-refractivity contribution in [3.8, 4) is 0 Å². The van der Waals surface area contributed by atoms with Gasteiger partial charge in [0.05, 0.1) is 12.7 Å². The molecule has 1 aromatic heterocycles. The SMILES string of the molecule is CNc1ncc(C)c(NCCC(O)COC)n1. The molecule has 0 fully saturated rings. The molecule has 6 nitrogen and oxygen atoms in total. The molecule has 0 aliphatic carbocycles. The number of aliphatic hydroxyl groups is 1. The van der Waals surface area contributed by atoms with E-state index in [4.69, 9.17) is 4.74 Å².